The van der Waals surface area contributed by atoms with Crippen LogP contribution in [0.25, 0.3) is 0 Å². The molecule has 1 heterocycles. The highest BCUT2D eigenvalue weighted by Gasteiger charge is 2.30. The quantitative estimate of drug-likeness (QED) is 0.539. The van der Waals surface area contributed by atoms with E-state index < -0.39 is 5.67 Å². The van der Waals surface area contributed by atoms with Crippen LogP contribution in [0.3, 0.4) is 0 Å². The molecular weight excluding hydrogens is 129 g/mol. The first-order valence-corrected chi connectivity index (χ1v) is 3.60. The Morgan fingerprint density at radius 1 is 1.70 bits per heavy atom. The predicted molar refractivity (Wildman–Crippen MR) is 39.4 cm³/mol. The monoisotopic (exact) mass is 141 g/mol. The molecule has 1 aliphatic rings. The maximum absolute atomic E-state index is 13.4. The molecule has 0 saturated carbocycles. The summed E-state index contributed by atoms with van der Waals surface area (Å²) < 4.78 is 13.4. The predicted octanol–water partition coefficient (Wildman–Crippen LogP) is 1.10. The van der Waals surface area contributed by atoms with Gasteiger partial charge in [0.1, 0.15) is 5.67 Å². The largest absolute Gasteiger partial charge is 0.314 e. The number of nitrogens with one attached hydrogen (secondary N) is 1. The molecule has 0 bridgehead atoms. The second-order valence-corrected chi connectivity index (χ2v) is 2.81. The molecule has 1 aliphatic heterocycles. The zero-order valence-corrected chi connectivity index (χ0v) is 5.99. The molecule has 0 aromatic carbocycles. The van der Waals surface area contributed by atoms with E-state index in [1.54, 1.807) is 0 Å². The van der Waals surface area contributed by atoms with Gasteiger partial charge in [0.25, 0.3) is 0 Å². The second-order valence-electron chi connectivity index (χ2n) is 2.81. The standard InChI is InChI=1S/C8H12FN/c1-2-4-8(9)5-3-6-10-7-8/h1,10H,3-7H2. The van der Waals surface area contributed by atoms with Crippen molar-refractivity contribution in [1.82, 2.24) is 5.32 Å². The van der Waals surface area contributed by atoms with Gasteiger partial charge in [0, 0.05) is 13.0 Å². The lowest BCUT2D eigenvalue weighted by Gasteiger charge is -2.28. The van der Waals surface area contributed by atoms with Gasteiger partial charge in [0.05, 0.1) is 0 Å². The molecule has 1 N–H and O–H groups in total. The zero-order valence-electron chi connectivity index (χ0n) is 5.99. The minimum Gasteiger partial charge on any atom is -0.314 e. The van der Waals surface area contributed by atoms with E-state index in [0.717, 1.165) is 13.0 Å². The van der Waals surface area contributed by atoms with E-state index >= 15 is 0 Å². The van der Waals surface area contributed by atoms with Gasteiger partial charge in [0.2, 0.25) is 0 Å². The summed E-state index contributed by atoms with van der Waals surface area (Å²) in [5.41, 5.74) is -1.12. The van der Waals surface area contributed by atoms with Crippen molar-refractivity contribution in [3.63, 3.8) is 0 Å². The summed E-state index contributed by atoms with van der Waals surface area (Å²) in [6.07, 6.45) is 6.79. The first-order chi connectivity index (χ1) is 4.77. The van der Waals surface area contributed by atoms with Gasteiger partial charge in [0.15, 0.2) is 0 Å². The number of piperidine rings is 1. The lowest BCUT2D eigenvalue weighted by molar-refractivity contribution is 0.128. The van der Waals surface area contributed by atoms with Gasteiger partial charge in [-0.1, -0.05) is 0 Å². The molecule has 2 heteroatoms. The molecule has 1 atom stereocenters. The molecule has 10 heavy (non-hydrogen) atoms. The highest BCUT2D eigenvalue weighted by Crippen LogP contribution is 2.23. The Morgan fingerprint density at radius 2 is 2.50 bits per heavy atom. The average Bonchev–Trinajstić information content (AvgIpc) is 1.89. The molecule has 56 valence electrons. The van der Waals surface area contributed by atoms with Crippen molar-refractivity contribution in [2.45, 2.75) is 24.9 Å². The van der Waals surface area contributed by atoms with E-state index in [1.165, 1.54) is 0 Å². The van der Waals surface area contributed by atoms with Crippen molar-refractivity contribution in [3.05, 3.63) is 0 Å². The maximum atomic E-state index is 13.4. The van der Waals surface area contributed by atoms with Crippen molar-refractivity contribution >= 4 is 0 Å². The summed E-state index contributed by atoms with van der Waals surface area (Å²) in [4.78, 5) is 0. The van der Waals surface area contributed by atoms with Gasteiger partial charge in [-0.15, -0.1) is 12.3 Å². The first-order valence-electron chi connectivity index (χ1n) is 3.60. The number of hydrogen-bond donors (Lipinski definition) is 1. The lowest BCUT2D eigenvalue weighted by Crippen LogP contribution is -2.41. The molecule has 0 amide bonds. The van der Waals surface area contributed by atoms with Crippen LogP contribution in [0.5, 0.6) is 0 Å². The van der Waals surface area contributed by atoms with Gasteiger partial charge in [-0.05, 0) is 19.4 Å². The Bertz CT molecular complexity index is 142. The summed E-state index contributed by atoms with van der Waals surface area (Å²) in [5.74, 6) is 2.36. The summed E-state index contributed by atoms with van der Waals surface area (Å²) in [7, 11) is 0. The van der Waals surface area contributed by atoms with Crippen LogP contribution in [-0.2, 0) is 0 Å². The van der Waals surface area contributed by atoms with E-state index in [0.29, 0.717) is 13.0 Å². The van der Waals surface area contributed by atoms with Crippen molar-refractivity contribution in [1.29, 1.82) is 0 Å². The lowest BCUT2D eigenvalue weighted by atomic mass is 9.93. The van der Waals surface area contributed by atoms with Gasteiger partial charge in [-0.25, -0.2) is 4.39 Å². The van der Waals surface area contributed by atoms with E-state index in [-0.39, 0.29) is 6.42 Å². The highest BCUT2D eigenvalue weighted by atomic mass is 19.1. The minimum absolute atomic E-state index is 0.250. The maximum Gasteiger partial charge on any atom is 0.134 e. The molecule has 0 aromatic rings. The summed E-state index contributed by atoms with van der Waals surface area (Å²) in [6.45, 7) is 1.35. The van der Waals surface area contributed by atoms with E-state index in [1.807, 2.05) is 0 Å². The fourth-order valence-corrected chi connectivity index (χ4v) is 1.26. The number of rotatable bonds is 1. The Morgan fingerprint density at radius 3 is 3.00 bits per heavy atom. The fourth-order valence-electron chi connectivity index (χ4n) is 1.26. The molecule has 0 aromatic heterocycles. The van der Waals surface area contributed by atoms with Crippen molar-refractivity contribution in [3.8, 4) is 12.3 Å². The van der Waals surface area contributed by atoms with Crippen LogP contribution in [0.15, 0.2) is 0 Å². The topological polar surface area (TPSA) is 12.0 Å². The second kappa shape index (κ2) is 3.03. The van der Waals surface area contributed by atoms with Crippen LogP contribution in [-0.4, -0.2) is 18.8 Å². The third-order valence-electron chi connectivity index (χ3n) is 1.84. The summed E-state index contributed by atoms with van der Waals surface area (Å²) >= 11 is 0. The summed E-state index contributed by atoms with van der Waals surface area (Å²) in [6, 6.07) is 0. The number of alkyl halides is 1. The number of hydrogen-bond acceptors (Lipinski definition) is 1. The van der Waals surface area contributed by atoms with Crippen LogP contribution < -0.4 is 5.32 Å². The highest BCUT2D eigenvalue weighted by molar-refractivity contribution is 4.98. The summed E-state index contributed by atoms with van der Waals surface area (Å²) in [5, 5.41) is 2.99. The van der Waals surface area contributed by atoms with Crippen molar-refractivity contribution < 1.29 is 4.39 Å². The molecule has 1 nitrogen and oxygen atoms in total. The van der Waals surface area contributed by atoms with Gasteiger partial charge in [-0.3, -0.25) is 0 Å². The Kier molecular flexibility index (Phi) is 2.29. The van der Waals surface area contributed by atoms with Gasteiger partial charge >= 0.3 is 0 Å². The van der Waals surface area contributed by atoms with E-state index in [4.69, 9.17) is 6.42 Å². The average molecular weight is 141 g/mol. The minimum atomic E-state index is -1.12. The number of terminal acetylenes is 1. The molecule has 0 radical (unpaired) electrons. The van der Waals surface area contributed by atoms with Crippen LogP contribution in [0.2, 0.25) is 0 Å². The SMILES string of the molecule is C#CCC1(F)CCCNC1. The van der Waals surface area contributed by atoms with Crippen molar-refractivity contribution in [2.24, 2.45) is 0 Å². The molecule has 1 rings (SSSR count). The third kappa shape index (κ3) is 1.71. The molecule has 1 saturated heterocycles. The van der Waals surface area contributed by atoms with Gasteiger partial charge < -0.3 is 5.32 Å². The Balaban J connectivity index is 2.42. The van der Waals surface area contributed by atoms with Crippen LogP contribution in [0.4, 0.5) is 4.39 Å². The molecular formula is C8H12FN. The van der Waals surface area contributed by atoms with E-state index in [2.05, 4.69) is 11.2 Å². The molecule has 0 spiro atoms. The molecule has 1 fully saturated rings. The van der Waals surface area contributed by atoms with Crippen molar-refractivity contribution in [2.75, 3.05) is 13.1 Å². The molecule has 0 aliphatic carbocycles. The normalized spacial score (nSPS) is 33.2. The zero-order chi connectivity index (χ0) is 7.45. The van der Waals surface area contributed by atoms with Crippen LogP contribution in [0, 0.1) is 12.3 Å². The number of halogens is 1. The molecule has 1 unspecified atom stereocenters. The Hall–Kier alpha value is -0.550. The van der Waals surface area contributed by atoms with Crippen LogP contribution in [0.1, 0.15) is 19.3 Å². The van der Waals surface area contributed by atoms with Crippen LogP contribution >= 0.6 is 0 Å². The fraction of sp³-hybridized carbons (Fsp3) is 0.750. The van der Waals surface area contributed by atoms with E-state index in [9.17, 15) is 4.39 Å². The van der Waals surface area contributed by atoms with Gasteiger partial charge in [-0.2, -0.15) is 0 Å². The first kappa shape index (κ1) is 7.56. The third-order valence-corrected chi connectivity index (χ3v) is 1.84. The Labute approximate surface area is 61.0 Å². The smallest absolute Gasteiger partial charge is 0.134 e.